The predicted molar refractivity (Wildman–Crippen MR) is 91.5 cm³/mol. The summed E-state index contributed by atoms with van der Waals surface area (Å²) in [4.78, 5) is 17.1. The van der Waals surface area contributed by atoms with Gasteiger partial charge in [-0.2, -0.15) is 5.10 Å². The number of aromatic nitrogens is 2. The van der Waals surface area contributed by atoms with E-state index in [2.05, 4.69) is 31.0 Å². The Morgan fingerprint density at radius 1 is 1.26 bits per heavy atom. The van der Waals surface area contributed by atoms with Crippen LogP contribution in [0.4, 0.5) is 0 Å². The first-order valence-corrected chi connectivity index (χ1v) is 9.10. The Labute approximate surface area is 139 Å². The highest BCUT2D eigenvalue weighted by Gasteiger charge is 2.36. The summed E-state index contributed by atoms with van der Waals surface area (Å²) in [6, 6.07) is 0.958. The zero-order valence-corrected chi connectivity index (χ0v) is 14.7. The molecule has 2 aliphatic rings. The second-order valence-electron chi connectivity index (χ2n) is 7.41. The molecular formula is C18H30N4O. The van der Waals surface area contributed by atoms with Crippen molar-refractivity contribution >= 4 is 5.91 Å². The van der Waals surface area contributed by atoms with Crippen LogP contribution in [0, 0.1) is 5.92 Å². The minimum Gasteiger partial charge on any atom is -0.337 e. The van der Waals surface area contributed by atoms with Crippen LogP contribution in [0.25, 0.3) is 0 Å². The molecule has 2 fully saturated rings. The van der Waals surface area contributed by atoms with Crippen molar-refractivity contribution in [2.24, 2.45) is 5.92 Å². The van der Waals surface area contributed by atoms with E-state index in [1.807, 2.05) is 15.8 Å². The highest BCUT2D eigenvalue weighted by atomic mass is 16.2. The molecule has 0 unspecified atom stereocenters. The van der Waals surface area contributed by atoms with Gasteiger partial charge in [0.2, 0.25) is 0 Å². The lowest BCUT2D eigenvalue weighted by atomic mass is 9.96. The second kappa shape index (κ2) is 7.04. The SMILES string of the molecule is CC[C@H]1CN(C(=O)c2cnn(C3CCCCC3)c2)C[C@@H]1N(C)C. The standard InChI is InChI=1S/C18H30N4O/c1-4-14-11-21(13-17(14)20(2)3)18(23)15-10-19-22(12-15)16-8-6-5-7-9-16/h10,12,14,16-17H,4-9,11,13H2,1-3H3/t14-,17-/m0/s1. The molecule has 1 saturated heterocycles. The molecular weight excluding hydrogens is 288 g/mol. The fourth-order valence-electron chi connectivity index (χ4n) is 4.18. The smallest absolute Gasteiger partial charge is 0.257 e. The van der Waals surface area contributed by atoms with Crippen molar-refractivity contribution in [3.63, 3.8) is 0 Å². The minimum atomic E-state index is 0.148. The van der Waals surface area contributed by atoms with Crippen LogP contribution in [0.2, 0.25) is 0 Å². The van der Waals surface area contributed by atoms with Crippen molar-refractivity contribution in [1.82, 2.24) is 19.6 Å². The van der Waals surface area contributed by atoms with E-state index in [1.165, 1.54) is 32.1 Å². The Hall–Kier alpha value is -1.36. The molecule has 1 amide bonds. The fraction of sp³-hybridized carbons (Fsp3) is 0.778. The minimum absolute atomic E-state index is 0.148. The summed E-state index contributed by atoms with van der Waals surface area (Å²) in [7, 11) is 4.23. The Morgan fingerprint density at radius 2 is 2.00 bits per heavy atom. The van der Waals surface area contributed by atoms with Crippen molar-refractivity contribution in [2.45, 2.75) is 57.5 Å². The Bertz CT molecular complexity index is 533. The van der Waals surface area contributed by atoms with E-state index < -0.39 is 0 Å². The summed E-state index contributed by atoms with van der Waals surface area (Å²) in [5, 5.41) is 4.48. The summed E-state index contributed by atoms with van der Waals surface area (Å²) in [6.45, 7) is 3.92. The number of likely N-dealkylation sites (tertiary alicyclic amines) is 1. The van der Waals surface area contributed by atoms with E-state index >= 15 is 0 Å². The molecule has 0 bridgehead atoms. The molecule has 1 aromatic rings. The topological polar surface area (TPSA) is 41.4 Å². The number of hydrogen-bond donors (Lipinski definition) is 0. The van der Waals surface area contributed by atoms with Crippen LogP contribution < -0.4 is 0 Å². The van der Waals surface area contributed by atoms with Gasteiger partial charge >= 0.3 is 0 Å². The van der Waals surface area contributed by atoms with E-state index in [0.29, 0.717) is 18.0 Å². The van der Waals surface area contributed by atoms with E-state index in [1.54, 1.807) is 6.20 Å². The highest BCUT2D eigenvalue weighted by molar-refractivity contribution is 5.94. The van der Waals surface area contributed by atoms with Crippen molar-refractivity contribution in [3.8, 4) is 0 Å². The van der Waals surface area contributed by atoms with Crippen LogP contribution >= 0.6 is 0 Å². The molecule has 1 aliphatic carbocycles. The van der Waals surface area contributed by atoms with Crippen LogP contribution in [0.15, 0.2) is 12.4 Å². The summed E-state index contributed by atoms with van der Waals surface area (Å²) < 4.78 is 2.03. The Morgan fingerprint density at radius 3 is 2.61 bits per heavy atom. The van der Waals surface area contributed by atoms with E-state index in [-0.39, 0.29) is 5.91 Å². The van der Waals surface area contributed by atoms with Gasteiger partial charge in [-0.05, 0) is 32.9 Å². The normalized spacial score (nSPS) is 26.2. The maximum Gasteiger partial charge on any atom is 0.257 e. The molecule has 1 saturated carbocycles. The summed E-state index contributed by atoms with van der Waals surface area (Å²) in [6.07, 6.45) is 11.1. The average molecular weight is 318 g/mol. The Balaban J connectivity index is 1.67. The summed E-state index contributed by atoms with van der Waals surface area (Å²) in [5.41, 5.74) is 0.754. The molecule has 1 aromatic heterocycles. The van der Waals surface area contributed by atoms with Gasteiger partial charge in [-0.25, -0.2) is 0 Å². The lowest BCUT2D eigenvalue weighted by Crippen LogP contribution is -2.36. The zero-order chi connectivity index (χ0) is 16.4. The van der Waals surface area contributed by atoms with E-state index in [4.69, 9.17) is 0 Å². The third-order valence-corrected chi connectivity index (χ3v) is 5.68. The van der Waals surface area contributed by atoms with Crippen LogP contribution in [0.5, 0.6) is 0 Å². The molecule has 23 heavy (non-hydrogen) atoms. The van der Waals surface area contributed by atoms with Gasteiger partial charge in [-0.1, -0.05) is 32.6 Å². The monoisotopic (exact) mass is 318 g/mol. The number of amides is 1. The molecule has 0 N–H and O–H groups in total. The first-order valence-electron chi connectivity index (χ1n) is 9.10. The molecule has 0 aromatic carbocycles. The van der Waals surface area contributed by atoms with Crippen molar-refractivity contribution in [1.29, 1.82) is 0 Å². The molecule has 0 spiro atoms. The molecule has 5 nitrogen and oxygen atoms in total. The van der Waals surface area contributed by atoms with Gasteiger partial charge in [0.05, 0.1) is 17.8 Å². The second-order valence-corrected chi connectivity index (χ2v) is 7.41. The Kier molecular flexibility index (Phi) is 5.05. The molecule has 0 radical (unpaired) electrons. The van der Waals surface area contributed by atoms with Gasteiger partial charge in [-0.3, -0.25) is 9.48 Å². The molecule has 2 atom stereocenters. The lowest BCUT2D eigenvalue weighted by molar-refractivity contribution is 0.0781. The first-order chi connectivity index (χ1) is 11.1. The van der Waals surface area contributed by atoms with Gasteiger partial charge in [-0.15, -0.1) is 0 Å². The van der Waals surface area contributed by atoms with Crippen LogP contribution in [-0.2, 0) is 0 Å². The van der Waals surface area contributed by atoms with Crippen molar-refractivity contribution < 1.29 is 4.79 Å². The van der Waals surface area contributed by atoms with Crippen molar-refractivity contribution in [2.75, 3.05) is 27.2 Å². The number of likely N-dealkylation sites (N-methyl/N-ethyl adjacent to an activating group) is 1. The molecule has 1 aliphatic heterocycles. The predicted octanol–water partition coefficient (Wildman–Crippen LogP) is 2.80. The van der Waals surface area contributed by atoms with Gasteiger partial charge in [0.25, 0.3) is 5.91 Å². The molecule has 5 heteroatoms. The largest absolute Gasteiger partial charge is 0.337 e. The number of hydrogen-bond acceptors (Lipinski definition) is 3. The van der Waals surface area contributed by atoms with Gasteiger partial charge < -0.3 is 9.80 Å². The van der Waals surface area contributed by atoms with Crippen LogP contribution in [-0.4, -0.2) is 58.7 Å². The average Bonchev–Trinajstić information content (AvgIpc) is 3.22. The third-order valence-electron chi connectivity index (χ3n) is 5.68. The number of nitrogens with zero attached hydrogens (tertiary/aromatic N) is 4. The van der Waals surface area contributed by atoms with Crippen LogP contribution in [0.3, 0.4) is 0 Å². The molecule has 3 rings (SSSR count). The molecule has 2 heterocycles. The summed E-state index contributed by atoms with van der Waals surface area (Å²) >= 11 is 0. The van der Waals surface area contributed by atoms with Crippen LogP contribution in [0.1, 0.15) is 61.8 Å². The van der Waals surface area contributed by atoms with Gasteiger partial charge in [0.15, 0.2) is 0 Å². The quantitative estimate of drug-likeness (QED) is 0.857. The van der Waals surface area contributed by atoms with Crippen molar-refractivity contribution in [3.05, 3.63) is 18.0 Å². The first kappa shape index (κ1) is 16.5. The highest BCUT2D eigenvalue weighted by Crippen LogP contribution is 2.28. The zero-order valence-electron chi connectivity index (χ0n) is 14.7. The number of carbonyl (C=O) groups is 1. The molecule has 128 valence electrons. The maximum atomic E-state index is 12.8. The lowest BCUT2D eigenvalue weighted by Gasteiger charge is -2.23. The number of carbonyl (C=O) groups excluding carboxylic acids is 1. The fourth-order valence-corrected chi connectivity index (χ4v) is 4.18. The maximum absolute atomic E-state index is 12.8. The van der Waals surface area contributed by atoms with E-state index in [0.717, 1.165) is 25.1 Å². The van der Waals surface area contributed by atoms with Gasteiger partial charge in [0, 0.05) is 25.3 Å². The summed E-state index contributed by atoms with van der Waals surface area (Å²) in [5.74, 6) is 0.720. The van der Waals surface area contributed by atoms with Gasteiger partial charge in [0.1, 0.15) is 0 Å². The third kappa shape index (κ3) is 3.44. The number of rotatable bonds is 4. The van der Waals surface area contributed by atoms with E-state index in [9.17, 15) is 4.79 Å².